The van der Waals surface area contributed by atoms with E-state index in [1.807, 2.05) is 12.1 Å². The SMILES string of the molecule is N#CC1CC(c2ccccc2)c2ccccc21. The Hall–Kier alpha value is -2.07. The van der Waals surface area contributed by atoms with Gasteiger partial charge in [0.25, 0.3) is 0 Å². The summed E-state index contributed by atoms with van der Waals surface area (Å²) in [7, 11) is 0. The third kappa shape index (κ3) is 1.62. The third-order valence-electron chi connectivity index (χ3n) is 3.58. The Labute approximate surface area is 101 Å². The number of nitriles is 1. The number of nitrogens with zero attached hydrogens (tertiary/aromatic N) is 1. The fraction of sp³-hybridized carbons (Fsp3) is 0.188. The van der Waals surface area contributed by atoms with Crippen molar-refractivity contribution >= 4 is 0 Å². The summed E-state index contributed by atoms with van der Waals surface area (Å²) < 4.78 is 0. The van der Waals surface area contributed by atoms with Gasteiger partial charge in [0.1, 0.15) is 0 Å². The molecule has 0 radical (unpaired) electrons. The first kappa shape index (κ1) is 10.1. The molecule has 2 aromatic carbocycles. The second kappa shape index (κ2) is 4.07. The van der Waals surface area contributed by atoms with Gasteiger partial charge in [-0.15, -0.1) is 0 Å². The van der Waals surface area contributed by atoms with E-state index in [2.05, 4.69) is 48.5 Å². The molecule has 0 saturated carbocycles. The summed E-state index contributed by atoms with van der Waals surface area (Å²) in [6.45, 7) is 0. The lowest BCUT2D eigenvalue weighted by Crippen LogP contribution is -1.95. The summed E-state index contributed by atoms with van der Waals surface area (Å²) in [5.74, 6) is 0.438. The highest BCUT2D eigenvalue weighted by atomic mass is 14.4. The number of benzene rings is 2. The standard InChI is InChI=1S/C16H13N/c17-11-13-10-16(12-6-2-1-3-7-12)15-9-5-4-8-14(13)15/h1-9,13,16H,10H2. The van der Waals surface area contributed by atoms with Gasteiger partial charge in [0.15, 0.2) is 0 Å². The molecule has 2 atom stereocenters. The van der Waals surface area contributed by atoms with Crippen molar-refractivity contribution in [2.45, 2.75) is 18.3 Å². The van der Waals surface area contributed by atoms with Gasteiger partial charge < -0.3 is 0 Å². The second-order valence-electron chi connectivity index (χ2n) is 4.51. The Morgan fingerprint density at radius 2 is 1.53 bits per heavy atom. The molecule has 0 heterocycles. The van der Waals surface area contributed by atoms with Crippen LogP contribution < -0.4 is 0 Å². The Bertz CT molecular complexity index is 566. The maximum Gasteiger partial charge on any atom is 0.0724 e. The second-order valence-corrected chi connectivity index (χ2v) is 4.51. The van der Waals surface area contributed by atoms with E-state index in [0.717, 1.165) is 6.42 Å². The van der Waals surface area contributed by atoms with Crippen molar-refractivity contribution in [2.75, 3.05) is 0 Å². The predicted octanol–water partition coefficient (Wildman–Crippen LogP) is 3.83. The summed E-state index contributed by atoms with van der Waals surface area (Å²) in [6, 6.07) is 21.2. The summed E-state index contributed by atoms with van der Waals surface area (Å²) in [6.07, 6.45) is 0.917. The van der Waals surface area contributed by atoms with Gasteiger partial charge in [-0.1, -0.05) is 54.6 Å². The van der Waals surface area contributed by atoms with E-state index in [1.54, 1.807) is 0 Å². The van der Waals surface area contributed by atoms with E-state index in [9.17, 15) is 5.26 Å². The van der Waals surface area contributed by atoms with Gasteiger partial charge in [0, 0.05) is 5.92 Å². The first-order valence-electron chi connectivity index (χ1n) is 5.93. The number of rotatable bonds is 1. The fourth-order valence-electron chi connectivity index (χ4n) is 2.76. The summed E-state index contributed by atoms with van der Waals surface area (Å²) in [5.41, 5.74) is 3.85. The minimum absolute atomic E-state index is 0.0522. The first-order chi connectivity index (χ1) is 8.40. The lowest BCUT2D eigenvalue weighted by Gasteiger charge is -2.11. The van der Waals surface area contributed by atoms with Gasteiger partial charge in [-0.25, -0.2) is 0 Å². The molecule has 0 bridgehead atoms. The minimum Gasteiger partial charge on any atom is -0.198 e. The van der Waals surface area contributed by atoms with Crippen LogP contribution in [0.25, 0.3) is 0 Å². The largest absolute Gasteiger partial charge is 0.198 e. The summed E-state index contributed by atoms with van der Waals surface area (Å²) in [4.78, 5) is 0. The Kier molecular flexibility index (Phi) is 2.42. The predicted molar refractivity (Wildman–Crippen MR) is 67.7 cm³/mol. The zero-order valence-corrected chi connectivity index (χ0v) is 9.51. The quantitative estimate of drug-likeness (QED) is 0.715. The third-order valence-corrected chi connectivity index (χ3v) is 3.58. The number of fused-ring (bicyclic) bond motifs is 1. The molecule has 1 aliphatic carbocycles. The molecule has 82 valence electrons. The molecule has 2 aromatic rings. The van der Waals surface area contributed by atoms with Crippen LogP contribution in [0.2, 0.25) is 0 Å². The van der Waals surface area contributed by atoms with Gasteiger partial charge in [-0.05, 0) is 23.1 Å². The van der Waals surface area contributed by atoms with Crippen molar-refractivity contribution in [3.63, 3.8) is 0 Å². The van der Waals surface area contributed by atoms with Crippen molar-refractivity contribution in [1.29, 1.82) is 5.26 Å². The van der Waals surface area contributed by atoms with Crippen LogP contribution in [-0.2, 0) is 0 Å². The van der Waals surface area contributed by atoms with Crippen molar-refractivity contribution in [1.82, 2.24) is 0 Å². The molecule has 0 amide bonds. The molecule has 1 nitrogen and oxygen atoms in total. The van der Waals surface area contributed by atoms with Gasteiger partial charge in [-0.3, -0.25) is 0 Å². The van der Waals surface area contributed by atoms with Crippen LogP contribution in [0.1, 0.15) is 34.9 Å². The average Bonchev–Trinajstić information content (AvgIpc) is 2.78. The normalized spacial score (nSPS) is 21.8. The maximum absolute atomic E-state index is 9.23. The van der Waals surface area contributed by atoms with Gasteiger partial charge in [0.05, 0.1) is 12.0 Å². The van der Waals surface area contributed by atoms with Crippen LogP contribution >= 0.6 is 0 Å². The molecule has 0 saturated heterocycles. The highest BCUT2D eigenvalue weighted by Crippen LogP contribution is 2.44. The van der Waals surface area contributed by atoms with Gasteiger partial charge >= 0.3 is 0 Å². The zero-order chi connectivity index (χ0) is 11.7. The molecule has 3 rings (SSSR count). The molecule has 0 aliphatic heterocycles. The topological polar surface area (TPSA) is 23.8 Å². The molecule has 0 spiro atoms. The molecular formula is C16H13N. The molecule has 1 aliphatic rings. The van der Waals surface area contributed by atoms with Crippen molar-refractivity contribution < 1.29 is 0 Å². The van der Waals surface area contributed by atoms with Crippen LogP contribution in [0.5, 0.6) is 0 Å². The molecular weight excluding hydrogens is 206 g/mol. The number of hydrogen-bond donors (Lipinski definition) is 0. The van der Waals surface area contributed by atoms with Crippen LogP contribution in [0.4, 0.5) is 0 Å². The molecule has 0 fully saturated rings. The van der Waals surface area contributed by atoms with Gasteiger partial charge in [0.2, 0.25) is 0 Å². The van der Waals surface area contributed by atoms with E-state index in [0.29, 0.717) is 5.92 Å². The number of hydrogen-bond acceptors (Lipinski definition) is 1. The summed E-state index contributed by atoms with van der Waals surface area (Å²) in [5, 5.41) is 9.23. The van der Waals surface area contributed by atoms with Crippen LogP contribution in [0, 0.1) is 11.3 Å². The van der Waals surface area contributed by atoms with Crippen molar-refractivity contribution in [3.05, 3.63) is 71.3 Å². The minimum atomic E-state index is 0.0522. The lowest BCUT2D eigenvalue weighted by molar-refractivity contribution is 0.739. The molecule has 0 N–H and O–H groups in total. The van der Waals surface area contributed by atoms with E-state index >= 15 is 0 Å². The summed E-state index contributed by atoms with van der Waals surface area (Å²) >= 11 is 0. The van der Waals surface area contributed by atoms with Crippen molar-refractivity contribution in [2.24, 2.45) is 0 Å². The Morgan fingerprint density at radius 3 is 2.24 bits per heavy atom. The van der Waals surface area contributed by atoms with Gasteiger partial charge in [-0.2, -0.15) is 5.26 Å². The van der Waals surface area contributed by atoms with Crippen molar-refractivity contribution in [3.8, 4) is 6.07 Å². The van der Waals surface area contributed by atoms with E-state index in [-0.39, 0.29) is 5.92 Å². The van der Waals surface area contributed by atoms with E-state index < -0.39 is 0 Å². The van der Waals surface area contributed by atoms with Crippen LogP contribution in [0.15, 0.2) is 54.6 Å². The van der Waals surface area contributed by atoms with Crippen LogP contribution in [-0.4, -0.2) is 0 Å². The van der Waals surface area contributed by atoms with E-state index in [4.69, 9.17) is 0 Å². The Balaban J connectivity index is 2.09. The molecule has 2 unspecified atom stereocenters. The average molecular weight is 219 g/mol. The lowest BCUT2D eigenvalue weighted by atomic mass is 9.93. The first-order valence-corrected chi connectivity index (χ1v) is 5.93. The smallest absolute Gasteiger partial charge is 0.0724 e. The highest BCUT2D eigenvalue weighted by Gasteiger charge is 2.31. The Morgan fingerprint density at radius 1 is 0.882 bits per heavy atom. The fourth-order valence-corrected chi connectivity index (χ4v) is 2.76. The maximum atomic E-state index is 9.23. The van der Waals surface area contributed by atoms with Crippen LogP contribution in [0.3, 0.4) is 0 Å². The molecule has 1 heteroatoms. The highest BCUT2D eigenvalue weighted by molar-refractivity contribution is 5.46. The molecule has 0 aromatic heterocycles. The van der Waals surface area contributed by atoms with E-state index in [1.165, 1.54) is 16.7 Å². The molecule has 17 heavy (non-hydrogen) atoms. The monoisotopic (exact) mass is 219 g/mol. The zero-order valence-electron chi connectivity index (χ0n) is 9.51.